The number of hydrogen-bond donors (Lipinski definition) is 1. The standard InChI is InChI=1S/C2H4O2.C2H5.Fe/c1-2(3)4;1-2;/h1H3,(H,3,4);1H2,2H3;. The van der Waals surface area contributed by atoms with E-state index in [1.807, 2.05) is 6.92 Å². The second-order valence-electron chi connectivity index (χ2n) is 0.769. The first-order valence-corrected chi connectivity index (χ1v) is 2.67. The molecule has 2 nitrogen and oxygen atoms in total. The van der Waals surface area contributed by atoms with Gasteiger partial charge in [0.25, 0.3) is 5.97 Å². The van der Waals surface area contributed by atoms with E-state index in [9.17, 15) is 0 Å². The molecule has 0 aromatic heterocycles. The Bertz CT molecular complexity index is 41.0. The fourth-order valence-electron chi connectivity index (χ4n) is 0. The fourth-order valence-corrected chi connectivity index (χ4v) is 0. The second kappa shape index (κ2) is 9.37. The van der Waals surface area contributed by atoms with Crippen LogP contribution >= 0.6 is 0 Å². The Hall–Kier alpha value is -0.0105. The van der Waals surface area contributed by atoms with Crippen molar-refractivity contribution in [2.45, 2.75) is 19.2 Å². The Morgan fingerprint density at radius 1 is 1.86 bits per heavy atom. The van der Waals surface area contributed by atoms with Gasteiger partial charge in [-0.25, -0.2) is 0 Å². The van der Waals surface area contributed by atoms with Crippen molar-refractivity contribution in [3.8, 4) is 0 Å². The summed E-state index contributed by atoms with van der Waals surface area (Å²) in [5, 5.41) is 8.42. The molecule has 0 bridgehead atoms. The molecule has 45 valence electrons. The minimum absolute atomic E-state index is 0.833. The first-order chi connectivity index (χ1) is 3.15. The van der Waals surface area contributed by atoms with Gasteiger partial charge in [-0.05, 0) is 0 Å². The number of carbonyl (C=O) groups is 1. The predicted molar refractivity (Wildman–Crippen MR) is 23.8 cm³/mol. The summed E-state index contributed by atoms with van der Waals surface area (Å²) in [5.41, 5.74) is 0. The van der Waals surface area contributed by atoms with Crippen LogP contribution in [-0.4, -0.2) is 11.1 Å². The third-order valence-electron chi connectivity index (χ3n) is 0. The van der Waals surface area contributed by atoms with Crippen LogP contribution < -0.4 is 0 Å². The third-order valence-corrected chi connectivity index (χ3v) is 0. The summed E-state index contributed by atoms with van der Waals surface area (Å²) in [7, 11) is 0. The topological polar surface area (TPSA) is 37.3 Å². The van der Waals surface area contributed by atoms with Gasteiger partial charge < -0.3 is 5.11 Å². The van der Waals surface area contributed by atoms with Crippen molar-refractivity contribution in [2.24, 2.45) is 0 Å². The van der Waals surface area contributed by atoms with Crippen LogP contribution in [-0.2, 0) is 20.8 Å². The molecule has 0 saturated carbocycles. The molecule has 0 aromatic rings. The molecular weight excluding hydrogens is 136 g/mol. The van der Waals surface area contributed by atoms with Crippen molar-refractivity contribution >= 4 is 5.97 Å². The van der Waals surface area contributed by atoms with Crippen molar-refractivity contribution in [3.05, 3.63) is 0 Å². The molecule has 0 aliphatic carbocycles. The van der Waals surface area contributed by atoms with Crippen molar-refractivity contribution in [3.63, 3.8) is 0 Å². The normalized spacial score (nSPS) is 6.14. The summed E-state index contributed by atoms with van der Waals surface area (Å²) in [6.07, 6.45) is 0. The van der Waals surface area contributed by atoms with Gasteiger partial charge in [0, 0.05) is 6.92 Å². The van der Waals surface area contributed by atoms with Gasteiger partial charge in [-0.15, -0.1) is 0 Å². The van der Waals surface area contributed by atoms with E-state index >= 15 is 0 Å². The number of carboxylic acid groups (broad SMARTS) is 1. The summed E-state index contributed by atoms with van der Waals surface area (Å²) >= 11 is 3.49. The van der Waals surface area contributed by atoms with E-state index in [4.69, 9.17) is 9.90 Å². The molecule has 0 unspecified atom stereocenters. The maximum atomic E-state index is 9.00. The van der Waals surface area contributed by atoms with Crippen LogP contribution in [0.1, 0.15) is 13.8 Å². The fraction of sp³-hybridized carbons (Fsp3) is 0.750. The van der Waals surface area contributed by atoms with E-state index in [2.05, 4.69) is 16.0 Å². The van der Waals surface area contributed by atoms with E-state index in [1.165, 1.54) is 0 Å². The van der Waals surface area contributed by atoms with E-state index < -0.39 is 5.97 Å². The summed E-state index contributed by atoms with van der Waals surface area (Å²) < 4.78 is 0. The molecule has 0 spiro atoms. The summed E-state index contributed by atoms with van der Waals surface area (Å²) in [4.78, 5) is 9.00. The van der Waals surface area contributed by atoms with Gasteiger partial charge in [0.05, 0.1) is 0 Å². The Balaban J connectivity index is 0. The van der Waals surface area contributed by atoms with Crippen LogP contribution in [0.25, 0.3) is 0 Å². The number of hydrogen-bond acceptors (Lipinski definition) is 1. The molecule has 0 aromatic carbocycles. The molecular formula is C4H9FeO2. The first kappa shape index (κ1) is 10.1. The molecule has 0 saturated heterocycles. The zero-order valence-electron chi connectivity index (χ0n) is 4.42. The Kier molecular flexibility index (Phi) is 13.5. The number of aliphatic carboxylic acids is 1. The Morgan fingerprint density at radius 2 is 1.86 bits per heavy atom. The SMILES string of the molecule is CC(=O)O.C[CH2][Fe]. The third kappa shape index (κ3) is 861000. The molecule has 0 fully saturated rings. The zero-order chi connectivity index (χ0) is 6.28. The van der Waals surface area contributed by atoms with E-state index in [0.29, 0.717) is 0 Å². The predicted octanol–water partition coefficient (Wildman–Crippen LogP) is 1.06. The summed E-state index contributed by atoms with van der Waals surface area (Å²) in [6.45, 7) is 3.10. The Morgan fingerprint density at radius 3 is 1.86 bits per heavy atom. The summed E-state index contributed by atoms with van der Waals surface area (Å²) in [5.74, 6) is -0.833. The molecule has 0 aliphatic rings. The zero-order valence-corrected chi connectivity index (χ0v) is 5.52. The van der Waals surface area contributed by atoms with Crippen LogP contribution in [0.15, 0.2) is 0 Å². The van der Waals surface area contributed by atoms with E-state index in [0.717, 1.165) is 12.2 Å². The quantitative estimate of drug-likeness (QED) is 0.517. The monoisotopic (exact) mass is 145 g/mol. The van der Waals surface area contributed by atoms with Gasteiger partial charge in [0.15, 0.2) is 0 Å². The van der Waals surface area contributed by atoms with Crippen LogP contribution in [0.2, 0.25) is 5.32 Å². The van der Waals surface area contributed by atoms with E-state index in [1.54, 1.807) is 0 Å². The average molecular weight is 145 g/mol. The molecule has 1 N–H and O–H groups in total. The number of carboxylic acids is 1. The molecule has 0 radical (unpaired) electrons. The molecule has 0 amide bonds. The summed E-state index contributed by atoms with van der Waals surface area (Å²) in [6, 6.07) is 0. The molecule has 0 rings (SSSR count). The molecule has 7 heavy (non-hydrogen) atoms. The molecule has 0 atom stereocenters. The molecule has 0 heterocycles. The van der Waals surface area contributed by atoms with Crippen LogP contribution in [0.4, 0.5) is 0 Å². The molecule has 3 heteroatoms. The number of rotatable bonds is 0. The van der Waals surface area contributed by atoms with Crippen molar-refractivity contribution in [1.82, 2.24) is 0 Å². The van der Waals surface area contributed by atoms with Gasteiger partial charge in [-0.1, -0.05) is 0 Å². The van der Waals surface area contributed by atoms with E-state index in [-0.39, 0.29) is 0 Å². The maximum absolute atomic E-state index is 9.00. The Labute approximate surface area is 51.7 Å². The van der Waals surface area contributed by atoms with Gasteiger partial charge >= 0.3 is 28.3 Å². The van der Waals surface area contributed by atoms with Crippen molar-refractivity contribution in [2.75, 3.05) is 0 Å². The van der Waals surface area contributed by atoms with Crippen LogP contribution in [0.3, 0.4) is 0 Å². The van der Waals surface area contributed by atoms with Crippen molar-refractivity contribution in [1.29, 1.82) is 0 Å². The van der Waals surface area contributed by atoms with Gasteiger partial charge in [0.1, 0.15) is 0 Å². The van der Waals surface area contributed by atoms with Crippen LogP contribution in [0.5, 0.6) is 0 Å². The van der Waals surface area contributed by atoms with Gasteiger partial charge in [0.2, 0.25) is 0 Å². The molecule has 0 aliphatic heterocycles. The average Bonchev–Trinajstić information content (AvgIpc) is 1.33. The van der Waals surface area contributed by atoms with Gasteiger partial charge in [-0.2, -0.15) is 0 Å². The van der Waals surface area contributed by atoms with Crippen molar-refractivity contribution < 1.29 is 25.9 Å². The second-order valence-corrected chi connectivity index (χ2v) is 1.55. The van der Waals surface area contributed by atoms with Crippen LogP contribution in [0, 0.1) is 0 Å². The minimum atomic E-state index is -0.833. The van der Waals surface area contributed by atoms with Gasteiger partial charge in [-0.3, -0.25) is 4.79 Å². The first-order valence-electron chi connectivity index (χ1n) is 1.88.